The molecule has 152 valence electrons. The van der Waals surface area contributed by atoms with Crippen molar-refractivity contribution in [3.8, 4) is 11.1 Å². The van der Waals surface area contributed by atoms with Gasteiger partial charge in [-0.3, -0.25) is 14.9 Å². The Labute approximate surface area is 167 Å². The number of carboxylic acid groups (broad SMARTS) is 1. The van der Waals surface area contributed by atoms with Gasteiger partial charge in [-0.05, 0) is 42.7 Å². The fourth-order valence-corrected chi connectivity index (χ4v) is 4.20. The molecule has 2 aromatic carbocycles. The molecular weight excluding hydrogens is 400 g/mol. The van der Waals surface area contributed by atoms with E-state index in [1.807, 2.05) is 0 Å². The van der Waals surface area contributed by atoms with Crippen LogP contribution < -0.4 is 16.0 Å². The fraction of sp³-hybridized carbons (Fsp3) is 0.200. The molecule has 1 spiro atoms. The molecule has 4 N–H and O–H groups in total. The summed E-state index contributed by atoms with van der Waals surface area (Å²) in [5, 5.41) is 16.3. The van der Waals surface area contributed by atoms with Crippen LogP contribution in [-0.2, 0) is 15.1 Å². The van der Waals surface area contributed by atoms with Crippen molar-refractivity contribution in [1.29, 1.82) is 0 Å². The second kappa shape index (κ2) is 5.62. The maximum Gasteiger partial charge on any atom is 0.329 e. The maximum atomic E-state index is 14.5. The summed E-state index contributed by atoms with van der Waals surface area (Å²) in [4.78, 5) is 49.0. The topological polar surface area (TPSA) is 125 Å². The van der Waals surface area contributed by atoms with Crippen molar-refractivity contribution in [2.45, 2.75) is 23.9 Å². The Morgan fingerprint density at radius 3 is 2.33 bits per heavy atom. The lowest BCUT2D eigenvalue weighted by atomic mass is 9.87. The van der Waals surface area contributed by atoms with E-state index in [0.29, 0.717) is 0 Å². The van der Waals surface area contributed by atoms with Crippen LogP contribution in [0.5, 0.6) is 0 Å². The van der Waals surface area contributed by atoms with E-state index in [1.54, 1.807) is 0 Å². The number of hydrogen-bond acceptors (Lipinski definition) is 4. The number of hydrogen-bond donors (Lipinski definition) is 4. The molecule has 3 aliphatic rings. The summed E-state index contributed by atoms with van der Waals surface area (Å²) in [5.74, 6) is -4.45. The first kappa shape index (κ1) is 18.2. The molecule has 1 saturated heterocycles. The zero-order chi connectivity index (χ0) is 21.4. The molecule has 2 fully saturated rings. The Kier molecular flexibility index (Phi) is 3.41. The minimum atomic E-state index is -1.90. The van der Waals surface area contributed by atoms with E-state index in [2.05, 4.69) is 16.0 Å². The van der Waals surface area contributed by atoms with E-state index in [1.165, 1.54) is 6.07 Å². The molecule has 4 amide bonds. The first-order chi connectivity index (χ1) is 14.2. The normalized spacial score (nSPS) is 22.2. The number of amides is 4. The van der Waals surface area contributed by atoms with Crippen LogP contribution in [-0.4, -0.2) is 34.5 Å². The third kappa shape index (κ3) is 2.24. The average molecular weight is 413 g/mol. The zero-order valence-electron chi connectivity index (χ0n) is 15.1. The average Bonchev–Trinajstić information content (AvgIpc) is 3.33. The summed E-state index contributed by atoms with van der Waals surface area (Å²) in [7, 11) is 0. The second-order valence-corrected chi connectivity index (χ2v) is 7.57. The number of fused-ring (bicyclic) bond motifs is 5. The molecule has 1 aliphatic heterocycles. The van der Waals surface area contributed by atoms with Crippen LogP contribution in [0.15, 0.2) is 30.3 Å². The van der Waals surface area contributed by atoms with Crippen LogP contribution in [0.25, 0.3) is 11.1 Å². The lowest BCUT2D eigenvalue weighted by Gasteiger charge is -2.23. The first-order valence-corrected chi connectivity index (χ1v) is 9.02. The third-order valence-corrected chi connectivity index (χ3v) is 5.79. The fourth-order valence-electron chi connectivity index (χ4n) is 4.20. The van der Waals surface area contributed by atoms with Gasteiger partial charge in [0.1, 0.15) is 17.2 Å². The van der Waals surface area contributed by atoms with Crippen molar-refractivity contribution in [3.05, 3.63) is 58.7 Å². The number of carbonyl (C=O) groups is 4. The highest BCUT2D eigenvalue weighted by Crippen LogP contribution is 2.51. The van der Waals surface area contributed by atoms with Gasteiger partial charge in [0.2, 0.25) is 0 Å². The molecule has 2 aliphatic carbocycles. The maximum absolute atomic E-state index is 14.5. The van der Waals surface area contributed by atoms with Crippen LogP contribution in [0.3, 0.4) is 0 Å². The van der Waals surface area contributed by atoms with E-state index in [-0.39, 0.29) is 40.7 Å². The molecule has 1 atom stereocenters. The molecule has 1 heterocycles. The van der Waals surface area contributed by atoms with Crippen LogP contribution in [0.1, 0.15) is 34.3 Å². The highest BCUT2D eigenvalue weighted by atomic mass is 19.1. The van der Waals surface area contributed by atoms with E-state index >= 15 is 0 Å². The number of benzene rings is 2. The van der Waals surface area contributed by atoms with Crippen molar-refractivity contribution in [2.24, 2.45) is 0 Å². The summed E-state index contributed by atoms with van der Waals surface area (Å²) in [5.41, 5.74) is -3.12. The van der Waals surface area contributed by atoms with Crippen LogP contribution in [0.4, 0.5) is 13.6 Å². The number of carbonyl (C=O) groups excluding carboxylic acids is 3. The zero-order valence-corrected chi connectivity index (χ0v) is 15.1. The van der Waals surface area contributed by atoms with Gasteiger partial charge in [0.25, 0.3) is 11.8 Å². The molecule has 5 rings (SSSR count). The van der Waals surface area contributed by atoms with Gasteiger partial charge in [-0.1, -0.05) is 6.07 Å². The molecule has 2 aromatic rings. The van der Waals surface area contributed by atoms with Crippen molar-refractivity contribution in [1.82, 2.24) is 16.0 Å². The van der Waals surface area contributed by atoms with Crippen molar-refractivity contribution in [3.63, 3.8) is 0 Å². The standard InChI is InChI=1S/C20H13F2N3O5/c21-8-1-2-10-12(6-8)20(16(27)23-18(30)25-20)13-7-9(22)5-11(14(10)13)15(26)24-19(3-4-19)17(28)29/h1-2,5-7H,3-4H2,(H,24,26)(H,28,29)(H2,23,25,27,30). The highest BCUT2D eigenvalue weighted by molar-refractivity contribution is 6.15. The van der Waals surface area contributed by atoms with Crippen molar-refractivity contribution >= 4 is 23.8 Å². The summed E-state index contributed by atoms with van der Waals surface area (Å²) >= 11 is 0. The van der Waals surface area contributed by atoms with E-state index in [0.717, 1.165) is 24.3 Å². The first-order valence-electron chi connectivity index (χ1n) is 9.02. The summed E-state index contributed by atoms with van der Waals surface area (Å²) in [6.45, 7) is 0. The summed E-state index contributed by atoms with van der Waals surface area (Å²) in [6, 6.07) is 4.56. The predicted octanol–water partition coefficient (Wildman–Crippen LogP) is 1.38. The van der Waals surface area contributed by atoms with Crippen LogP contribution >= 0.6 is 0 Å². The van der Waals surface area contributed by atoms with Gasteiger partial charge in [-0.25, -0.2) is 18.4 Å². The number of carboxylic acids is 1. The van der Waals surface area contributed by atoms with Gasteiger partial charge in [0.05, 0.1) is 5.56 Å². The van der Waals surface area contributed by atoms with Crippen LogP contribution in [0, 0.1) is 11.6 Å². The van der Waals surface area contributed by atoms with E-state index in [9.17, 15) is 33.1 Å². The quantitative estimate of drug-likeness (QED) is 0.566. The largest absolute Gasteiger partial charge is 0.480 e. The van der Waals surface area contributed by atoms with Crippen molar-refractivity contribution < 1.29 is 33.1 Å². The van der Waals surface area contributed by atoms with Gasteiger partial charge in [0, 0.05) is 16.7 Å². The van der Waals surface area contributed by atoms with Gasteiger partial charge in [0.15, 0.2) is 5.54 Å². The second-order valence-electron chi connectivity index (χ2n) is 7.57. The number of urea groups is 1. The molecular formula is C20H13F2N3O5. The molecule has 0 bridgehead atoms. The van der Waals surface area contributed by atoms with E-state index in [4.69, 9.17) is 0 Å². The molecule has 30 heavy (non-hydrogen) atoms. The molecule has 0 radical (unpaired) electrons. The number of aliphatic carboxylic acids is 1. The Hall–Kier alpha value is -3.82. The summed E-state index contributed by atoms with van der Waals surface area (Å²) in [6.07, 6.45) is 0.464. The smallest absolute Gasteiger partial charge is 0.329 e. The van der Waals surface area contributed by atoms with Crippen LogP contribution in [0.2, 0.25) is 0 Å². The number of rotatable bonds is 3. The van der Waals surface area contributed by atoms with Crippen molar-refractivity contribution in [2.75, 3.05) is 0 Å². The monoisotopic (exact) mass is 413 g/mol. The molecule has 1 unspecified atom stereocenters. The predicted molar refractivity (Wildman–Crippen MR) is 96.3 cm³/mol. The van der Waals surface area contributed by atoms with Gasteiger partial charge in [-0.15, -0.1) is 0 Å². The Bertz CT molecular complexity index is 1210. The van der Waals surface area contributed by atoms with Gasteiger partial charge in [-0.2, -0.15) is 0 Å². The molecule has 8 nitrogen and oxygen atoms in total. The lowest BCUT2D eigenvalue weighted by Crippen LogP contribution is -2.44. The lowest BCUT2D eigenvalue weighted by molar-refractivity contribution is -0.140. The Morgan fingerprint density at radius 2 is 1.73 bits per heavy atom. The van der Waals surface area contributed by atoms with Gasteiger partial charge < -0.3 is 15.7 Å². The SMILES string of the molecule is O=C1NC(=O)C2(N1)c1cc(F)ccc1-c1c(C(=O)NC3(C(=O)O)CC3)cc(F)cc12. The molecule has 10 heteroatoms. The minimum Gasteiger partial charge on any atom is -0.480 e. The number of nitrogens with one attached hydrogen (secondary N) is 3. The third-order valence-electron chi connectivity index (χ3n) is 5.79. The van der Waals surface area contributed by atoms with E-state index < -0.39 is 46.5 Å². The Morgan fingerprint density at radius 1 is 1.03 bits per heavy atom. The molecule has 0 aromatic heterocycles. The highest BCUT2D eigenvalue weighted by Gasteiger charge is 2.57. The number of halogens is 2. The Balaban J connectivity index is 1.75. The number of imide groups is 1. The minimum absolute atomic E-state index is 0.0308. The molecule has 1 saturated carbocycles. The van der Waals surface area contributed by atoms with Gasteiger partial charge >= 0.3 is 12.0 Å². The summed E-state index contributed by atoms with van der Waals surface area (Å²) < 4.78 is 28.6.